The number of nitrogens with two attached hydrogens (primary N) is 1. The molecular formula is C14H13N3O. The van der Waals surface area contributed by atoms with Gasteiger partial charge < -0.3 is 10.2 Å². The Morgan fingerprint density at radius 3 is 2.67 bits per heavy atom. The molecule has 0 aliphatic carbocycles. The molecule has 0 fully saturated rings. The molecule has 18 heavy (non-hydrogen) atoms. The second-order valence-electron chi connectivity index (χ2n) is 4.08. The molecule has 0 bridgehead atoms. The number of nitrogens with zero attached hydrogens (tertiary/aromatic N) is 2. The van der Waals surface area contributed by atoms with Gasteiger partial charge in [0.15, 0.2) is 11.2 Å². The number of pyridine rings is 1. The van der Waals surface area contributed by atoms with Crippen LogP contribution in [0.5, 0.6) is 0 Å². The predicted octanol–water partition coefficient (Wildman–Crippen LogP) is 2.27. The average Bonchev–Trinajstić information content (AvgIpc) is 2.81. The normalized spacial score (nSPS) is 10.9. The maximum atomic E-state index is 5.72. The topological polar surface area (TPSA) is 64.9 Å². The van der Waals surface area contributed by atoms with Gasteiger partial charge in [-0.1, -0.05) is 24.3 Å². The maximum absolute atomic E-state index is 5.72. The minimum Gasteiger partial charge on any atom is -0.439 e. The summed E-state index contributed by atoms with van der Waals surface area (Å²) in [5.74, 6) is 0.671. The Morgan fingerprint density at radius 1 is 1.06 bits per heavy atom. The van der Waals surface area contributed by atoms with E-state index in [4.69, 9.17) is 10.2 Å². The average molecular weight is 239 g/mol. The van der Waals surface area contributed by atoms with Crippen molar-refractivity contribution in [2.24, 2.45) is 5.73 Å². The van der Waals surface area contributed by atoms with Crippen molar-refractivity contribution in [3.63, 3.8) is 0 Å². The van der Waals surface area contributed by atoms with Gasteiger partial charge in [0, 0.05) is 19.2 Å². The molecule has 0 unspecified atom stereocenters. The molecule has 0 radical (unpaired) electrons. The molecule has 2 heterocycles. The lowest BCUT2D eigenvalue weighted by Gasteiger charge is -2.04. The highest BCUT2D eigenvalue weighted by Crippen LogP contribution is 2.17. The van der Waals surface area contributed by atoms with Crippen molar-refractivity contribution in [3.05, 3.63) is 59.6 Å². The van der Waals surface area contributed by atoms with Crippen LogP contribution in [0.4, 0.5) is 0 Å². The summed E-state index contributed by atoms with van der Waals surface area (Å²) in [5.41, 5.74) is 9.35. The zero-order valence-electron chi connectivity index (χ0n) is 9.84. The molecule has 90 valence electrons. The second kappa shape index (κ2) is 4.58. The molecule has 1 aromatic carbocycles. The lowest BCUT2D eigenvalue weighted by molar-refractivity contribution is 0.543. The van der Waals surface area contributed by atoms with E-state index in [-0.39, 0.29) is 0 Å². The van der Waals surface area contributed by atoms with Gasteiger partial charge in [-0.2, -0.15) is 4.98 Å². The highest BCUT2D eigenvalue weighted by Gasteiger charge is 2.08. The van der Waals surface area contributed by atoms with Crippen molar-refractivity contribution in [3.8, 4) is 0 Å². The van der Waals surface area contributed by atoms with Crippen LogP contribution in [-0.2, 0) is 13.0 Å². The molecule has 3 aromatic rings. The van der Waals surface area contributed by atoms with E-state index in [1.54, 1.807) is 6.20 Å². The monoisotopic (exact) mass is 239 g/mol. The van der Waals surface area contributed by atoms with Crippen molar-refractivity contribution in [2.75, 3.05) is 0 Å². The summed E-state index contributed by atoms with van der Waals surface area (Å²) < 4.78 is 5.66. The summed E-state index contributed by atoms with van der Waals surface area (Å²) in [5, 5.41) is 0. The number of rotatable bonds is 3. The van der Waals surface area contributed by atoms with Crippen LogP contribution < -0.4 is 5.73 Å². The van der Waals surface area contributed by atoms with Gasteiger partial charge in [0.05, 0.1) is 0 Å². The van der Waals surface area contributed by atoms with Crippen LogP contribution in [0.2, 0.25) is 0 Å². The van der Waals surface area contributed by atoms with E-state index in [2.05, 4.69) is 9.97 Å². The van der Waals surface area contributed by atoms with Gasteiger partial charge in [-0.3, -0.25) is 0 Å². The predicted molar refractivity (Wildman–Crippen MR) is 68.9 cm³/mol. The number of hydrogen-bond acceptors (Lipinski definition) is 4. The van der Waals surface area contributed by atoms with Gasteiger partial charge in [0.25, 0.3) is 0 Å². The zero-order chi connectivity index (χ0) is 12.4. The third-order valence-corrected chi connectivity index (χ3v) is 2.89. The van der Waals surface area contributed by atoms with Gasteiger partial charge >= 0.3 is 0 Å². The second-order valence-corrected chi connectivity index (χ2v) is 4.08. The molecule has 0 aliphatic rings. The summed E-state index contributed by atoms with van der Waals surface area (Å²) in [6.45, 7) is 0.522. The number of benzene rings is 1. The first-order valence-corrected chi connectivity index (χ1v) is 5.84. The standard InChI is InChI=1S/C14H13N3O/c15-9-11-5-2-1-4-10(11)8-13-17-14-12(18-13)6-3-7-16-14/h1-7H,8-9,15H2. The Labute approximate surface area is 104 Å². The first-order valence-electron chi connectivity index (χ1n) is 5.84. The summed E-state index contributed by atoms with van der Waals surface area (Å²) in [6, 6.07) is 11.8. The molecular weight excluding hydrogens is 226 g/mol. The molecule has 4 heteroatoms. The molecule has 4 nitrogen and oxygen atoms in total. The highest BCUT2D eigenvalue weighted by molar-refractivity contribution is 5.66. The summed E-state index contributed by atoms with van der Waals surface area (Å²) in [7, 11) is 0. The van der Waals surface area contributed by atoms with Crippen LogP contribution >= 0.6 is 0 Å². The Hall–Kier alpha value is -2.20. The van der Waals surface area contributed by atoms with E-state index in [1.807, 2.05) is 36.4 Å². The molecule has 0 saturated carbocycles. The van der Waals surface area contributed by atoms with Crippen molar-refractivity contribution in [1.82, 2.24) is 9.97 Å². The van der Waals surface area contributed by atoms with E-state index in [1.165, 1.54) is 0 Å². The van der Waals surface area contributed by atoms with E-state index in [0.717, 1.165) is 16.7 Å². The Kier molecular flexibility index (Phi) is 2.78. The maximum Gasteiger partial charge on any atom is 0.201 e. The van der Waals surface area contributed by atoms with Crippen molar-refractivity contribution in [2.45, 2.75) is 13.0 Å². The fourth-order valence-corrected chi connectivity index (χ4v) is 1.98. The van der Waals surface area contributed by atoms with E-state index < -0.39 is 0 Å². The lowest BCUT2D eigenvalue weighted by atomic mass is 10.0. The van der Waals surface area contributed by atoms with Crippen LogP contribution in [0, 0.1) is 0 Å². The Bertz CT molecular complexity index is 642. The first kappa shape index (κ1) is 10.9. The zero-order valence-corrected chi connectivity index (χ0v) is 9.84. The smallest absolute Gasteiger partial charge is 0.201 e. The highest BCUT2D eigenvalue weighted by atomic mass is 16.3. The van der Waals surface area contributed by atoms with Gasteiger partial charge in [-0.25, -0.2) is 4.98 Å². The van der Waals surface area contributed by atoms with Gasteiger partial charge in [0.2, 0.25) is 5.89 Å². The van der Waals surface area contributed by atoms with Crippen molar-refractivity contribution in [1.29, 1.82) is 0 Å². The number of aromatic nitrogens is 2. The minimum absolute atomic E-state index is 0.522. The van der Waals surface area contributed by atoms with Crippen LogP contribution in [0.15, 0.2) is 47.0 Å². The third kappa shape index (κ3) is 1.98. The van der Waals surface area contributed by atoms with Crippen LogP contribution in [0.25, 0.3) is 11.2 Å². The third-order valence-electron chi connectivity index (χ3n) is 2.89. The molecule has 0 amide bonds. The summed E-state index contributed by atoms with van der Waals surface area (Å²) in [6.07, 6.45) is 2.35. The van der Waals surface area contributed by atoms with Crippen molar-refractivity contribution >= 4 is 11.2 Å². The fourth-order valence-electron chi connectivity index (χ4n) is 1.98. The van der Waals surface area contributed by atoms with Crippen LogP contribution in [0.1, 0.15) is 17.0 Å². The quantitative estimate of drug-likeness (QED) is 0.761. The molecule has 0 spiro atoms. The Balaban J connectivity index is 1.96. The minimum atomic E-state index is 0.522. The molecule has 2 aromatic heterocycles. The summed E-state index contributed by atoms with van der Waals surface area (Å²) >= 11 is 0. The largest absolute Gasteiger partial charge is 0.439 e. The van der Waals surface area contributed by atoms with Gasteiger partial charge in [-0.05, 0) is 23.3 Å². The lowest BCUT2D eigenvalue weighted by Crippen LogP contribution is -2.01. The molecule has 0 aliphatic heterocycles. The van der Waals surface area contributed by atoms with Gasteiger partial charge in [0.1, 0.15) is 0 Å². The Morgan fingerprint density at radius 2 is 1.89 bits per heavy atom. The number of hydrogen-bond donors (Lipinski definition) is 1. The summed E-state index contributed by atoms with van der Waals surface area (Å²) in [4.78, 5) is 8.52. The first-order chi connectivity index (χ1) is 8.86. The molecule has 3 rings (SSSR count). The van der Waals surface area contributed by atoms with Crippen LogP contribution in [0.3, 0.4) is 0 Å². The van der Waals surface area contributed by atoms with E-state index in [0.29, 0.717) is 24.5 Å². The fraction of sp³-hybridized carbons (Fsp3) is 0.143. The SMILES string of the molecule is NCc1ccccc1Cc1nc2ncccc2o1. The number of fused-ring (bicyclic) bond motifs is 1. The van der Waals surface area contributed by atoms with Gasteiger partial charge in [-0.15, -0.1) is 0 Å². The van der Waals surface area contributed by atoms with E-state index >= 15 is 0 Å². The molecule has 2 N–H and O–H groups in total. The van der Waals surface area contributed by atoms with Crippen molar-refractivity contribution < 1.29 is 4.42 Å². The molecule has 0 atom stereocenters. The van der Waals surface area contributed by atoms with E-state index in [9.17, 15) is 0 Å². The number of oxazole rings is 1. The molecule has 0 saturated heterocycles. The van der Waals surface area contributed by atoms with Crippen LogP contribution in [-0.4, -0.2) is 9.97 Å².